The summed E-state index contributed by atoms with van der Waals surface area (Å²) in [6, 6.07) is 3.63. The van der Waals surface area contributed by atoms with Crippen LogP contribution in [0.4, 0.5) is 0 Å². The molecule has 102 valence electrons. The van der Waals surface area contributed by atoms with Crippen LogP contribution < -0.4 is 10.1 Å². The highest BCUT2D eigenvalue weighted by Crippen LogP contribution is 2.28. The average molecular weight is 295 g/mol. The summed E-state index contributed by atoms with van der Waals surface area (Å²) in [5.41, 5.74) is 0.943. The van der Waals surface area contributed by atoms with Gasteiger partial charge >= 0.3 is 5.97 Å². The predicted molar refractivity (Wildman–Crippen MR) is 72.0 cm³/mol. The third kappa shape index (κ3) is 3.48. The van der Waals surface area contributed by atoms with E-state index in [-0.39, 0.29) is 36.6 Å². The van der Waals surface area contributed by atoms with Gasteiger partial charge in [-0.25, -0.2) is 4.98 Å². The quantitative estimate of drug-likeness (QED) is 0.880. The first-order chi connectivity index (χ1) is 7.72. The number of carboxylic acids is 1. The number of aromatic nitrogens is 1. The van der Waals surface area contributed by atoms with Crippen LogP contribution in [0.1, 0.15) is 11.5 Å². The maximum atomic E-state index is 11.0. The van der Waals surface area contributed by atoms with Crippen LogP contribution in [0.25, 0.3) is 0 Å². The fourth-order valence-electron chi connectivity index (χ4n) is 2.02. The average Bonchev–Trinajstić information content (AvgIpc) is 2.78. The fraction of sp³-hybridized carbons (Fsp3) is 0.455. The van der Waals surface area contributed by atoms with Gasteiger partial charge in [0.15, 0.2) is 0 Å². The highest BCUT2D eigenvalue weighted by molar-refractivity contribution is 5.85. The van der Waals surface area contributed by atoms with E-state index in [1.54, 1.807) is 19.4 Å². The number of methoxy groups -OCH3 is 1. The van der Waals surface area contributed by atoms with Gasteiger partial charge in [0.1, 0.15) is 0 Å². The number of aliphatic carboxylic acids is 1. The van der Waals surface area contributed by atoms with Crippen molar-refractivity contribution in [2.45, 2.75) is 5.92 Å². The van der Waals surface area contributed by atoms with Gasteiger partial charge in [-0.1, -0.05) is 6.07 Å². The molecule has 0 spiro atoms. The lowest BCUT2D eigenvalue weighted by Gasteiger charge is -2.14. The summed E-state index contributed by atoms with van der Waals surface area (Å²) in [6.45, 7) is 1.21. The number of pyridine rings is 1. The molecule has 2 atom stereocenters. The van der Waals surface area contributed by atoms with E-state index in [1.165, 1.54) is 0 Å². The Morgan fingerprint density at radius 2 is 2.17 bits per heavy atom. The number of carbonyl (C=O) groups is 1. The molecule has 2 rings (SSSR count). The summed E-state index contributed by atoms with van der Waals surface area (Å²) in [5.74, 6) is -0.585. The van der Waals surface area contributed by atoms with Gasteiger partial charge in [0, 0.05) is 31.3 Å². The third-order valence-corrected chi connectivity index (χ3v) is 2.93. The van der Waals surface area contributed by atoms with E-state index in [0.717, 1.165) is 5.56 Å². The zero-order valence-electron chi connectivity index (χ0n) is 9.83. The number of ether oxygens (including phenoxy) is 1. The molecule has 0 aliphatic carbocycles. The van der Waals surface area contributed by atoms with Gasteiger partial charge < -0.3 is 15.2 Å². The Balaban J connectivity index is 0.00000144. The van der Waals surface area contributed by atoms with E-state index in [2.05, 4.69) is 10.3 Å². The van der Waals surface area contributed by atoms with Gasteiger partial charge in [0.05, 0.1) is 13.0 Å². The van der Waals surface area contributed by atoms with Gasteiger partial charge in [-0.2, -0.15) is 0 Å². The molecule has 2 heterocycles. The van der Waals surface area contributed by atoms with Crippen molar-refractivity contribution in [3.05, 3.63) is 23.9 Å². The summed E-state index contributed by atoms with van der Waals surface area (Å²) in [5, 5.41) is 12.2. The van der Waals surface area contributed by atoms with E-state index in [0.29, 0.717) is 19.0 Å². The molecule has 0 amide bonds. The summed E-state index contributed by atoms with van der Waals surface area (Å²) < 4.78 is 4.96. The van der Waals surface area contributed by atoms with Crippen LogP contribution in [0.15, 0.2) is 18.3 Å². The summed E-state index contributed by atoms with van der Waals surface area (Å²) in [6.07, 6.45) is 1.69. The minimum atomic E-state index is -0.759. The lowest BCUT2D eigenvalue weighted by Crippen LogP contribution is -2.21. The number of halogens is 2. The minimum absolute atomic E-state index is 0. The van der Waals surface area contributed by atoms with Crippen LogP contribution in [0.3, 0.4) is 0 Å². The van der Waals surface area contributed by atoms with E-state index in [4.69, 9.17) is 9.84 Å². The maximum Gasteiger partial charge on any atom is 0.308 e. The molecule has 1 fully saturated rings. The molecular formula is C11H16Cl2N2O3. The monoisotopic (exact) mass is 294 g/mol. The van der Waals surface area contributed by atoms with Gasteiger partial charge in [0.2, 0.25) is 5.88 Å². The van der Waals surface area contributed by atoms with Crippen molar-refractivity contribution in [1.82, 2.24) is 10.3 Å². The number of rotatable bonds is 3. The first-order valence-corrected chi connectivity index (χ1v) is 5.16. The summed E-state index contributed by atoms with van der Waals surface area (Å²) in [7, 11) is 1.55. The highest BCUT2D eigenvalue weighted by atomic mass is 35.5. The molecule has 1 aromatic rings. The second-order valence-electron chi connectivity index (χ2n) is 3.84. The molecule has 1 saturated heterocycles. The van der Waals surface area contributed by atoms with Crippen LogP contribution in [0.5, 0.6) is 5.88 Å². The Kier molecular flexibility index (Phi) is 6.98. The van der Waals surface area contributed by atoms with Crippen LogP contribution >= 0.6 is 24.8 Å². The Morgan fingerprint density at radius 3 is 2.67 bits per heavy atom. The topological polar surface area (TPSA) is 71.5 Å². The number of hydrogen-bond donors (Lipinski definition) is 2. The fourth-order valence-corrected chi connectivity index (χ4v) is 2.02. The van der Waals surface area contributed by atoms with Crippen molar-refractivity contribution < 1.29 is 14.6 Å². The molecule has 0 aromatic carbocycles. The predicted octanol–water partition coefficient (Wildman–Crippen LogP) is 1.32. The Bertz CT molecular complexity index is 386. The molecular weight excluding hydrogens is 279 g/mol. The van der Waals surface area contributed by atoms with Crippen LogP contribution in [0, 0.1) is 5.92 Å². The second kappa shape index (κ2) is 7.41. The largest absolute Gasteiger partial charge is 0.481 e. The van der Waals surface area contributed by atoms with Crippen molar-refractivity contribution in [1.29, 1.82) is 0 Å². The molecule has 2 N–H and O–H groups in total. The number of nitrogens with zero attached hydrogens (tertiary/aromatic N) is 1. The SMILES string of the molecule is COc1ccc(C2CNCC2C(=O)O)cn1.Cl.Cl. The standard InChI is InChI=1S/C11H14N2O3.2ClH/c1-16-10-3-2-7(4-13-10)8-5-12-6-9(8)11(14)15;;/h2-4,8-9,12H,5-6H2,1H3,(H,14,15);2*1H. The van der Waals surface area contributed by atoms with E-state index >= 15 is 0 Å². The van der Waals surface area contributed by atoms with E-state index in [9.17, 15) is 4.79 Å². The second-order valence-corrected chi connectivity index (χ2v) is 3.84. The Hall–Kier alpha value is -1.04. The van der Waals surface area contributed by atoms with Gasteiger partial charge in [0.25, 0.3) is 0 Å². The van der Waals surface area contributed by atoms with E-state index in [1.807, 2.05) is 6.07 Å². The molecule has 1 aromatic heterocycles. The van der Waals surface area contributed by atoms with Crippen molar-refractivity contribution in [3.63, 3.8) is 0 Å². The van der Waals surface area contributed by atoms with Crippen molar-refractivity contribution in [2.75, 3.05) is 20.2 Å². The van der Waals surface area contributed by atoms with Gasteiger partial charge in [-0.3, -0.25) is 4.79 Å². The smallest absolute Gasteiger partial charge is 0.308 e. The normalized spacial score (nSPS) is 21.6. The first-order valence-electron chi connectivity index (χ1n) is 5.16. The van der Waals surface area contributed by atoms with Crippen molar-refractivity contribution in [2.24, 2.45) is 5.92 Å². The zero-order valence-corrected chi connectivity index (χ0v) is 11.5. The molecule has 1 aliphatic rings. The first kappa shape index (κ1) is 17.0. The molecule has 5 nitrogen and oxygen atoms in total. The number of hydrogen-bond acceptors (Lipinski definition) is 4. The molecule has 18 heavy (non-hydrogen) atoms. The maximum absolute atomic E-state index is 11.0. The molecule has 0 bridgehead atoms. The number of nitrogens with one attached hydrogen (secondary N) is 1. The minimum Gasteiger partial charge on any atom is -0.481 e. The molecule has 1 aliphatic heterocycles. The summed E-state index contributed by atoms with van der Waals surface area (Å²) in [4.78, 5) is 15.1. The van der Waals surface area contributed by atoms with Gasteiger partial charge in [-0.05, 0) is 5.56 Å². The molecule has 0 saturated carbocycles. The Morgan fingerprint density at radius 1 is 1.44 bits per heavy atom. The lowest BCUT2D eigenvalue weighted by atomic mass is 9.90. The van der Waals surface area contributed by atoms with Crippen LogP contribution in [0.2, 0.25) is 0 Å². The molecule has 7 heteroatoms. The molecule has 2 unspecified atom stereocenters. The van der Waals surface area contributed by atoms with Crippen LogP contribution in [-0.2, 0) is 4.79 Å². The van der Waals surface area contributed by atoms with Crippen molar-refractivity contribution in [3.8, 4) is 5.88 Å². The van der Waals surface area contributed by atoms with Gasteiger partial charge in [-0.15, -0.1) is 24.8 Å². The molecule has 0 radical (unpaired) electrons. The lowest BCUT2D eigenvalue weighted by molar-refractivity contribution is -0.141. The van der Waals surface area contributed by atoms with E-state index < -0.39 is 5.97 Å². The van der Waals surface area contributed by atoms with Crippen molar-refractivity contribution >= 4 is 30.8 Å². The summed E-state index contributed by atoms with van der Waals surface area (Å²) >= 11 is 0. The third-order valence-electron chi connectivity index (χ3n) is 2.93. The zero-order chi connectivity index (χ0) is 11.5. The highest BCUT2D eigenvalue weighted by Gasteiger charge is 2.33. The Labute approximate surface area is 118 Å². The van der Waals surface area contributed by atoms with Crippen LogP contribution in [-0.4, -0.2) is 36.3 Å². The number of carboxylic acid groups (broad SMARTS) is 1.